The Morgan fingerprint density at radius 3 is 2.78 bits per heavy atom. The quantitative estimate of drug-likeness (QED) is 0.787. The summed E-state index contributed by atoms with van der Waals surface area (Å²) in [7, 11) is 0. The van der Waals surface area contributed by atoms with Crippen LogP contribution in [0.3, 0.4) is 0 Å². The molecule has 3 N–H and O–H groups in total. The molecule has 4 heteroatoms. The molecule has 1 fully saturated rings. The van der Waals surface area contributed by atoms with Crippen LogP contribution < -0.4 is 10.5 Å². The first-order chi connectivity index (χ1) is 8.66. The molecule has 4 nitrogen and oxygen atoms in total. The van der Waals surface area contributed by atoms with Crippen LogP contribution in [-0.4, -0.2) is 17.7 Å². The Balaban J connectivity index is 1.88. The normalized spacial score (nSPS) is 15.8. The zero-order valence-corrected chi connectivity index (χ0v) is 10.4. The Hall–Kier alpha value is -1.71. The van der Waals surface area contributed by atoms with Gasteiger partial charge in [0.15, 0.2) is 0 Å². The maximum absolute atomic E-state index is 10.9. The maximum Gasteiger partial charge on any atom is 0.337 e. The molecule has 18 heavy (non-hydrogen) atoms. The Labute approximate surface area is 107 Å². The number of hydrogen-bond acceptors (Lipinski definition) is 3. The maximum atomic E-state index is 10.9. The van der Waals surface area contributed by atoms with Gasteiger partial charge in [-0.1, -0.05) is 25.7 Å². The lowest BCUT2D eigenvalue weighted by molar-refractivity contribution is 0.0697. The van der Waals surface area contributed by atoms with Gasteiger partial charge >= 0.3 is 5.97 Å². The van der Waals surface area contributed by atoms with Crippen molar-refractivity contribution >= 4 is 11.7 Å². The standard InChI is InChI=1S/C14H19NO3/c15-13-6-5-11(9-12(13)14(16)17)18-8-7-10-3-1-2-4-10/h5-6,9-10H,1-4,7-8,15H2,(H,16,17). The third kappa shape index (κ3) is 3.15. The van der Waals surface area contributed by atoms with E-state index in [-0.39, 0.29) is 11.3 Å². The highest BCUT2D eigenvalue weighted by Gasteiger charge is 2.15. The number of carboxylic acid groups (broad SMARTS) is 1. The molecule has 1 aromatic carbocycles. The van der Waals surface area contributed by atoms with E-state index in [0.717, 1.165) is 12.3 Å². The second-order valence-corrected chi connectivity index (χ2v) is 4.84. The van der Waals surface area contributed by atoms with Crippen LogP contribution in [0.5, 0.6) is 5.75 Å². The second-order valence-electron chi connectivity index (χ2n) is 4.84. The summed E-state index contributed by atoms with van der Waals surface area (Å²) in [4.78, 5) is 10.9. The Kier molecular flexibility index (Phi) is 4.07. The molecule has 98 valence electrons. The molecule has 2 rings (SSSR count). The van der Waals surface area contributed by atoms with Crippen LogP contribution in [0.4, 0.5) is 5.69 Å². The molecule has 0 unspecified atom stereocenters. The monoisotopic (exact) mass is 249 g/mol. The van der Waals surface area contributed by atoms with E-state index in [1.54, 1.807) is 12.1 Å². The minimum absolute atomic E-state index is 0.105. The van der Waals surface area contributed by atoms with Crippen LogP contribution in [0.15, 0.2) is 18.2 Å². The van der Waals surface area contributed by atoms with Crippen molar-refractivity contribution in [2.45, 2.75) is 32.1 Å². The van der Waals surface area contributed by atoms with Crippen molar-refractivity contribution < 1.29 is 14.6 Å². The molecule has 0 atom stereocenters. The first-order valence-corrected chi connectivity index (χ1v) is 6.42. The number of anilines is 1. The van der Waals surface area contributed by atoms with Gasteiger partial charge in [0.1, 0.15) is 5.75 Å². The van der Waals surface area contributed by atoms with Crippen LogP contribution in [-0.2, 0) is 0 Å². The molecule has 0 heterocycles. The number of rotatable bonds is 5. The number of hydrogen-bond donors (Lipinski definition) is 2. The van der Waals surface area contributed by atoms with E-state index in [9.17, 15) is 4.79 Å². The van der Waals surface area contributed by atoms with E-state index in [4.69, 9.17) is 15.6 Å². The minimum Gasteiger partial charge on any atom is -0.494 e. The number of nitrogens with two attached hydrogens (primary N) is 1. The summed E-state index contributed by atoms with van der Waals surface area (Å²) < 4.78 is 5.59. The molecule has 0 amide bonds. The summed E-state index contributed by atoms with van der Waals surface area (Å²) in [6.45, 7) is 0.646. The molecule has 0 aliphatic heterocycles. The smallest absolute Gasteiger partial charge is 0.337 e. The molecule has 0 saturated heterocycles. The van der Waals surface area contributed by atoms with Crippen molar-refractivity contribution in [3.63, 3.8) is 0 Å². The highest BCUT2D eigenvalue weighted by atomic mass is 16.5. The van der Waals surface area contributed by atoms with Gasteiger partial charge in [0.2, 0.25) is 0 Å². The molecule has 0 spiro atoms. The van der Waals surface area contributed by atoms with E-state index in [0.29, 0.717) is 12.4 Å². The van der Waals surface area contributed by atoms with Gasteiger partial charge in [-0.15, -0.1) is 0 Å². The highest BCUT2D eigenvalue weighted by Crippen LogP contribution is 2.28. The van der Waals surface area contributed by atoms with Crippen LogP contribution in [0.2, 0.25) is 0 Å². The van der Waals surface area contributed by atoms with Gasteiger partial charge in [-0.2, -0.15) is 0 Å². The molecule has 0 radical (unpaired) electrons. The van der Waals surface area contributed by atoms with Gasteiger partial charge in [-0.05, 0) is 30.5 Å². The Morgan fingerprint density at radius 1 is 1.39 bits per heavy atom. The van der Waals surface area contributed by atoms with Crippen molar-refractivity contribution in [3.8, 4) is 5.75 Å². The molecule has 0 bridgehead atoms. The summed E-state index contributed by atoms with van der Waals surface area (Å²) in [5.41, 5.74) is 5.96. The zero-order valence-electron chi connectivity index (χ0n) is 10.4. The number of carbonyl (C=O) groups is 1. The third-order valence-corrected chi connectivity index (χ3v) is 3.52. The summed E-state index contributed by atoms with van der Waals surface area (Å²) in [6.07, 6.45) is 6.30. The molecule has 1 aromatic rings. The SMILES string of the molecule is Nc1ccc(OCCC2CCCC2)cc1C(=O)O. The fourth-order valence-corrected chi connectivity index (χ4v) is 2.45. The van der Waals surface area contributed by atoms with E-state index in [1.807, 2.05) is 0 Å². The minimum atomic E-state index is -1.02. The fourth-order valence-electron chi connectivity index (χ4n) is 2.45. The van der Waals surface area contributed by atoms with E-state index in [2.05, 4.69) is 0 Å². The lowest BCUT2D eigenvalue weighted by Gasteiger charge is -2.11. The second kappa shape index (κ2) is 5.76. The first kappa shape index (κ1) is 12.7. The lowest BCUT2D eigenvalue weighted by Crippen LogP contribution is -2.06. The predicted molar refractivity (Wildman–Crippen MR) is 69.9 cm³/mol. The molecule has 1 saturated carbocycles. The number of carboxylic acids is 1. The highest BCUT2D eigenvalue weighted by molar-refractivity contribution is 5.94. The molecule has 1 aliphatic rings. The molecular formula is C14H19NO3. The van der Waals surface area contributed by atoms with Gasteiger partial charge < -0.3 is 15.6 Å². The zero-order chi connectivity index (χ0) is 13.0. The van der Waals surface area contributed by atoms with Gasteiger partial charge in [-0.25, -0.2) is 4.79 Å². The Morgan fingerprint density at radius 2 is 2.11 bits per heavy atom. The topological polar surface area (TPSA) is 72.5 Å². The van der Waals surface area contributed by atoms with Gasteiger partial charge in [0.25, 0.3) is 0 Å². The number of aromatic carboxylic acids is 1. The van der Waals surface area contributed by atoms with Crippen molar-refractivity contribution in [2.75, 3.05) is 12.3 Å². The van der Waals surface area contributed by atoms with E-state index in [1.165, 1.54) is 31.7 Å². The third-order valence-electron chi connectivity index (χ3n) is 3.52. The summed E-state index contributed by atoms with van der Waals surface area (Å²) in [5, 5.41) is 8.95. The summed E-state index contributed by atoms with van der Waals surface area (Å²) >= 11 is 0. The number of ether oxygens (including phenoxy) is 1. The average Bonchev–Trinajstić information content (AvgIpc) is 2.84. The molecule has 0 aromatic heterocycles. The van der Waals surface area contributed by atoms with E-state index >= 15 is 0 Å². The van der Waals surface area contributed by atoms with Gasteiger partial charge in [0.05, 0.1) is 12.2 Å². The predicted octanol–water partition coefficient (Wildman–Crippen LogP) is 2.93. The Bertz CT molecular complexity index is 425. The van der Waals surface area contributed by atoms with Crippen molar-refractivity contribution in [2.24, 2.45) is 5.92 Å². The van der Waals surface area contributed by atoms with Gasteiger partial charge in [-0.3, -0.25) is 0 Å². The fraction of sp³-hybridized carbons (Fsp3) is 0.500. The lowest BCUT2D eigenvalue weighted by atomic mass is 10.1. The van der Waals surface area contributed by atoms with Crippen LogP contribution in [0, 0.1) is 5.92 Å². The van der Waals surface area contributed by atoms with Crippen LogP contribution >= 0.6 is 0 Å². The summed E-state index contributed by atoms with van der Waals surface area (Å²) in [6, 6.07) is 4.79. The van der Waals surface area contributed by atoms with Crippen molar-refractivity contribution in [3.05, 3.63) is 23.8 Å². The summed E-state index contributed by atoms with van der Waals surface area (Å²) in [5.74, 6) is 0.339. The van der Waals surface area contributed by atoms with Gasteiger partial charge in [0, 0.05) is 5.69 Å². The first-order valence-electron chi connectivity index (χ1n) is 6.42. The number of nitrogen functional groups attached to an aromatic ring is 1. The van der Waals surface area contributed by atoms with Crippen LogP contribution in [0.25, 0.3) is 0 Å². The van der Waals surface area contributed by atoms with E-state index < -0.39 is 5.97 Å². The van der Waals surface area contributed by atoms with Crippen LogP contribution in [0.1, 0.15) is 42.5 Å². The van der Waals surface area contributed by atoms with Crippen molar-refractivity contribution in [1.82, 2.24) is 0 Å². The average molecular weight is 249 g/mol. The molecular weight excluding hydrogens is 230 g/mol. The largest absolute Gasteiger partial charge is 0.494 e. The number of benzene rings is 1. The van der Waals surface area contributed by atoms with Crippen molar-refractivity contribution in [1.29, 1.82) is 0 Å². The molecule has 1 aliphatic carbocycles.